The van der Waals surface area contributed by atoms with Gasteiger partial charge < -0.3 is 4.74 Å². The Balaban J connectivity index is 1.68. The van der Waals surface area contributed by atoms with Crippen molar-refractivity contribution in [3.8, 4) is 21.7 Å². The first kappa shape index (κ1) is 14.0. The second-order valence-electron chi connectivity index (χ2n) is 5.09. The highest BCUT2D eigenvalue weighted by atomic mass is 32.1. The van der Waals surface area contributed by atoms with Crippen LogP contribution in [-0.4, -0.2) is 26.9 Å². The molecule has 0 aliphatic heterocycles. The summed E-state index contributed by atoms with van der Waals surface area (Å²) in [5.74, 6) is 0.714. The Morgan fingerprint density at radius 3 is 2.35 bits per heavy atom. The van der Waals surface area contributed by atoms with Crippen LogP contribution in [0.5, 0.6) is 0 Å². The molecule has 0 fully saturated rings. The number of methoxy groups -OCH3 is 1. The van der Waals surface area contributed by atoms with Crippen LogP contribution in [0.1, 0.15) is 5.82 Å². The molecular formula is C17H14N4OS. The van der Waals surface area contributed by atoms with E-state index in [1.54, 1.807) is 11.6 Å². The van der Waals surface area contributed by atoms with Crippen LogP contribution in [0.2, 0.25) is 0 Å². The lowest BCUT2D eigenvalue weighted by Crippen LogP contribution is -1.97. The third kappa shape index (κ3) is 2.62. The van der Waals surface area contributed by atoms with Crippen LogP contribution in [0.15, 0.2) is 54.6 Å². The van der Waals surface area contributed by atoms with Gasteiger partial charge in [0.15, 0.2) is 5.82 Å². The van der Waals surface area contributed by atoms with Gasteiger partial charge in [0, 0.05) is 12.7 Å². The van der Waals surface area contributed by atoms with Gasteiger partial charge in [0.2, 0.25) is 4.96 Å². The van der Waals surface area contributed by atoms with Crippen LogP contribution < -0.4 is 0 Å². The van der Waals surface area contributed by atoms with E-state index in [2.05, 4.69) is 51.7 Å². The minimum Gasteiger partial charge on any atom is -0.377 e. The number of aromatic nitrogens is 4. The van der Waals surface area contributed by atoms with Crippen molar-refractivity contribution in [2.45, 2.75) is 6.61 Å². The maximum Gasteiger partial charge on any atom is 0.235 e. The van der Waals surface area contributed by atoms with E-state index >= 15 is 0 Å². The first-order chi connectivity index (χ1) is 11.3. The van der Waals surface area contributed by atoms with Crippen molar-refractivity contribution in [1.82, 2.24) is 19.8 Å². The summed E-state index contributed by atoms with van der Waals surface area (Å²) in [6.07, 6.45) is 0. The summed E-state index contributed by atoms with van der Waals surface area (Å²) in [6, 6.07) is 18.7. The molecule has 0 aliphatic rings. The molecule has 0 saturated carbocycles. The van der Waals surface area contributed by atoms with Gasteiger partial charge >= 0.3 is 0 Å². The zero-order valence-electron chi connectivity index (χ0n) is 12.5. The largest absolute Gasteiger partial charge is 0.377 e. The van der Waals surface area contributed by atoms with Crippen LogP contribution >= 0.6 is 11.3 Å². The Morgan fingerprint density at radius 1 is 0.913 bits per heavy atom. The molecule has 0 spiro atoms. The van der Waals surface area contributed by atoms with Gasteiger partial charge in [-0.2, -0.15) is 9.61 Å². The first-order valence-electron chi connectivity index (χ1n) is 7.21. The fourth-order valence-corrected chi connectivity index (χ4v) is 3.29. The van der Waals surface area contributed by atoms with E-state index in [4.69, 9.17) is 4.74 Å². The van der Waals surface area contributed by atoms with Gasteiger partial charge in [-0.05, 0) is 11.1 Å². The van der Waals surface area contributed by atoms with Gasteiger partial charge in [-0.1, -0.05) is 65.9 Å². The summed E-state index contributed by atoms with van der Waals surface area (Å²) in [7, 11) is 1.64. The average Bonchev–Trinajstić information content (AvgIpc) is 3.18. The van der Waals surface area contributed by atoms with E-state index in [1.165, 1.54) is 22.5 Å². The van der Waals surface area contributed by atoms with Gasteiger partial charge in [-0.25, -0.2) is 0 Å². The van der Waals surface area contributed by atoms with Crippen LogP contribution in [0.4, 0.5) is 0 Å². The third-order valence-corrected chi connectivity index (χ3v) is 4.52. The Bertz CT molecular complexity index is 928. The number of hydrogen-bond acceptors (Lipinski definition) is 5. The van der Waals surface area contributed by atoms with Crippen LogP contribution in [-0.2, 0) is 11.3 Å². The molecule has 0 saturated heterocycles. The maximum atomic E-state index is 5.12. The number of hydrogen-bond donors (Lipinski definition) is 0. The summed E-state index contributed by atoms with van der Waals surface area (Å²) < 4.78 is 6.86. The van der Waals surface area contributed by atoms with E-state index in [-0.39, 0.29) is 0 Å². The van der Waals surface area contributed by atoms with Gasteiger partial charge in [0.25, 0.3) is 0 Å². The van der Waals surface area contributed by atoms with Crippen molar-refractivity contribution in [3.63, 3.8) is 0 Å². The van der Waals surface area contributed by atoms with Crippen molar-refractivity contribution in [2.24, 2.45) is 0 Å². The molecule has 0 N–H and O–H groups in total. The molecule has 6 heteroatoms. The van der Waals surface area contributed by atoms with Crippen molar-refractivity contribution in [2.75, 3.05) is 7.11 Å². The molecule has 114 valence electrons. The number of benzene rings is 2. The number of nitrogens with zero attached hydrogens (tertiary/aromatic N) is 4. The lowest BCUT2D eigenvalue weighted by Gasteiger charge is -2.02. The summed E-state index contributed by atoms with van der Waals surface area (Å²) in [5, 5.41) is 13.7. The van der Waals surface area contributed by atoms with E-state index < -0.39 is 0 Å². The zero-order valence-corrected chi connectivity index (χ0v) is 13.3. The lowest BCUT2D eigenvalue weighted by atomic mass is 10.0. The van der Waals surface area contributed by atoms with Gasteiger partial charge in [-0.15, -0.1) is 10.2 Å². The Morgan fingerprint density at radius 2 is 1.61 bits per heavy atom. The summed E-state index contributed by atoms with van der Waals surface area (Å²) >= 11 is 1.52. The molecule has 23 heavy (non-hydrogen) atoms. The fourth-order valence-electron chi connectivity index (χ4n) is 2.43. The molecule has 2 aromatic heterocycles. The average molecular weight is 322 g/mol. The molecule has 0 radical (unpaired) electrons. The standard InChI is InChI=1S/C17H14N4OS/c1-22-11-15-18-19-17-21(15)20-16(23-17)14-9-7-13(8-10-14)12-5-3-2-4-6-12/h2-10H,11H2,1H3. The molecule has 4 aromatic rings. The van der Waals surface area contributed by atoms with Crippen LogP contribution in [0.25, 0.3) is 26.7 Å². The SMILES string of the molecule is COCc1nnc2sc(-c3ccc(-c4ccccc4)cc3)nn12. The second-order valence-corrected chi connectivity index (χ2v) is 6.05. The topological polar surface area (TPSA) is 52.3 Å². The summed E-state index contributed by atoms with van der Waals surface area (Å²) in [5.41, 5.74) is 3.47. The molecule has 2 heterocycles. The monoisotopic (exact) mass is 322 g/mol. The second kappa shape index (κ2) is 5.91. The van der Waals surface area contributed by atoms with Crippen molar-refractivity contribution in [3.05, 3.63) is 60.4 Å². The number of ether oxygens (including phenoxy) is 1. The molecule has 2 aromatic carbocycles. The first-order valence-corrected chi connectivity index (χ1v) is 8.03. The highest BCUT2D eigenvalue weighted by Crippen LogP contribution is 2.28. The molecular weight excluding hydrogens is 308 g/mol. The quantitative estimate of drug-likeness (QED) is 0.575. The smallest absolute Gasteiger partial charge is 0.235 e. The zero-order chi connectivity index (χ0) is 15.6. The molecule has 0 atom stereocenters. The normalized spacial score (nSPS) is 11.2. The van der Waals surface area contributed by atoms with Gasteiger partial charge in [0.1, 0.15) is 11.6 Å². The minimum absolute atomic E-state index is 0.400. The Kier molecular flexibility index (Phi) is 3.61. The predicted molar refractivity (Wildman–Crippen MR) is 90.2 cm³/mol. The maximum absolute atomic E-state index is 5.12. The highest BCUT2D eigenvalue weighted by Gasteiger charge is 2.12. The molecule has 0 unspecified atom stereocenters. The summed E-state index contributed by atoms with van der Waals surface area (Å²) in [4.78, 5) is 0.777. The number of rotatable bonds is 4. The Labute approximate surface area is 137 Å². The molecule has 0 bridgehead atoms. The van der Waals surface area contributed by atoms with Crippen molar-refractivity contribution < 1.29 is 4.74 Å². The summed E-state index contributed by atoms with van der Waals surface area (Å²) in [6.45, 7) is 0.400. The van der Waals surface area contributed by atoms with E-state index in [1.807, 2.05) is 18.2 Å². The number of fused-ring (bicyclic) bond motifs is 1. The van der Waals surface area contributed by atoms with Crippen LogP contribution in [0, 0.1) is 0 Å². The molecule has 5 nitrogen and oxygen atoms in total. The van der Waals surface area contributed by atoms with Crippen LogP contribution in [0.3, 0.4) is 0 Å². The molecule has 0 amide bonds. The van der Waals surface area contributed by atoms with Crippen molar-refractivity contribution >= 4 is 16.3 Å². The third-order valence-electron chi connectivity index (χ3n) is 3.57. The van der Waals surface area contributed by atoms with E-state index in [0.717, 1.165) is 15.5 Å². The highest BCUT2D eigenvalue weighted by molar-refractivity contribution is 7.19. The molecule has 4 rings (SSSR count). The van der Waals surface area contributed by atoms with Gasteiger partial charge in [-0.3, -0.25) is 0 Å². The van der Waals surface area contributed by atoms with E-state index in [0.29, 0.717) is 12.4 Å². The van der Waals surface area contributed by atoms with E-state index in [9.17, 15) is 0 Å². The predicted octanol–water partition coefficient (Wildman–Crippen LogP) is 3.67. The Hall–Kier alpha value is -2.57. The van der Waals surface area contributed by atoms with Gasteiger partial charge in [0.05, 0.1) is 0 Å². The lowest BCUT2D eigenvalue weighted by molar-refractivity contribution is 0.176. The minimum atomic E-state index is 0.400. The van der Waals surface area contributed by atoms with Crippen molar-refractivity contribution in [1.29, 1.82) is 0 Å². The fraction of sp³-hybridized carbons (Fsp3) is 0.118. The molecule has 0 aliphatic carbocycles.